The van der Waals surface area contributed by atoms with Crippen LogP contribution >= 0.6 is 0 Å². The summed E-state index contributed by atoms with van der Waals surface area (Å²) in [5, 5.41) is 8.09. The van der Waals surface area contributed by atoms with Crippen molar-refractivity contribution in [3.8, 4) is 11.5 Å². The molecule has 0 aliphatic heterocycles. The van der Waals surface area contributed by atoms with Gasteiger partial charge in [-0.05, 0) is 12.1 Å². The van der Waals surface area contributed by atoms with Crippen LogP contribution in [0, 0.1) is 0 Å². The molecule has 0 radical (unpaired) electrons. The lowest BCUT2D eigenvalue weighted by Gasteiger charge is -1.96. The lowest BCUT2D eigenvalue weighted by molar-refractivity contribution is 0.781. The number of hydrogen-bond acceptors (Lipinski definition) is 3. The molecule has 72 valence electrons. The van der Waals surface area contributed by atoms with Gasteiger partial charge in [0, 0.05) is 12.1 Å². The molecule has 0 aromatic carbocycles. The monoisotopic (exact) mass is 188 g/mol. The third kappa shape index (κ3) is 1.64. The SMILES string of the molecule is CC(C)c1nnc(-c2ccccn2)[nH]1. The van der Waals surface area contributed by atoms with Gasteiger partial charge in [-0.25, -0.2) is 0 Å². The van der Waals surface area contributed by atoms with Crippen LogP contribution in [-0.2, 0) is 0 Å². The van der Waals surface area contributed by atoms with E-state index in [1.807, 2.05) is 18.2 Å². The van der Waals surface area contributed by atoms with Crippen molar-refractivity contribution in [2.45, 2.75) is 19.8 Å². The average molecular weight is 188 g/mol. The zero-order valence-corrected chi connectivity index (χ0v) is 8.23. The van der Waals surface area contributed by atoms with E-state index in [0.717, 1.165) is 17.3 Å². The van der Waals surface area contributed by atoms with Crippen LogP contribution in [0.1, 0.15) is 25.6 Å². The molecule has 0 fully saturated rings. The van der Waals surface area contributed by atoms with Crippen molar-refractivity contribution in [3.63, 3.8) is 0 Å². The highest BCUT2D eigenvalue weighted by Crippen LogP contribution is 2.14. The number of H-pyrrole nitrogens is 1. The molecule has 0 amide bonds. The maximum atomic E-state index is 4.19. The van der Waals surface area contributed by atoms with Gasteiger partial charge in [0.2, 0.25) is 0 Å². The summed E-state index contributed by atoms with van der Waals surface area (Å²) in [6.07, 6.45) is 1.74. The normalized spacial score (nSPS) is 10.8. The quantitative estimate of drug-likeness (QED) is 0.784. The van der Waals surface area contributed by atoms with E-state index in [1.54, 1.807) is 6.20 Å². The van der Waals surface area contributed by atoms with E-state index in [2.05, 4.69) is 34.0 Å². The van der Waals surface area contributed by atoms with Crippen molar-refractivity contribution in [3.05, 3.63) is 30.2 Å². The van der Waals surface area contributed by atoms with Crippen molar-refractivity contribution >= 4 is 0 Å². The molecule has 0 atom stereocenters. The first-order valence-corrected chi connectivity index (χ1v) is 4.61. The molecule has 2 heterocycles. The molecule has 1 N–H and O–H groups in total. The van der Waals surface area contributed by atoms with Gasteiger partial charge in [-0.2, -0.15) is 0 Å². The highest BCUT2D eigenvalue weighted by molar-refractivity contribution is 5.47. The van der Waals surface area contributed by atoms with Crippen molar-refractivity contribution < 1.29 is 0 Å². The van der Waals surface area contributed by atoms with E-state index in [0.29, 0.717) is 5.92 Å². The Balaban J connectivity index is 2.34. The van der Waals surface area contributed by atoms with E-state index in [-0.39, 0.29) is 0 Å². The molecule has 0 aliphatic carbocycles. The van der Waals surface area contributed by atoms with Crippen molar-refractivity contribution in [2.24, 2.45) is 0 Å². The zero-order chi connectivity index (χ0) is 9.97. The van der Waals surface area contributed by atoms with Crippen LogP contribution in [-0.4, -0.2) is 20.2 Å². The smallest absolute Gasteiger partial charge is 0.179 e. The maximum Gasteiger partial charge on any atom is 0.179 e. The summed E-state index contributed by atoms with van der Waals surface area (Å²) in [6, 6.07) is 5.72. The molecule has 2 rings (SSSR count). The number of hydrogen-bond donors (Lipinski definition) is 1. The molecule has 0 aliphatic rings. The summed E-state index contributed by atoms with van der Waals surface area (Å²) in [6.45, 7) is 4.14. The first-order chi connectivity index (χ1) is 6.77. The number of aromatic amines is 1. The highest BCUT2D eigenvalue weighted by Gasteiger charge is 2.07. The van der Waals surface area contributed by atoms with Gasteiger partial charge in [-0.15, -0.1) is 10.2 Å². The third-order valence-electron chi connectivity index (χ3n) is 1.96. The van der Waals surface area contributed by atoms with Gasteiger partial charge < -0.3 is 4.98 Å². The van der Waals surface area contributed by atoms with Crippen molar-refractivity contribution in [1.82, 2.24) is 20.2 Å². The molecule has 0 saturated heterocycles. The lowest BCUT2D eigenvalue weighted by Crippen LogP contribution is -1.89. The Morgan fingerprint density at radius 1 is 1.21 bits per heavy atom. The number of nitrogens with one attached hydrogen (secondary N) is 1. The number of nitrogens with zero attached hydrogens (tertiary/aromatic N) is 3. The Hall–Kier alpha value is -1.71. The molecule has 2 aromatic heterocycles. The van der Waals surface area contributed by atoms with Gasteiger partial charge >= 0.3 is 0 Å². The van der Waals surface area contributed by atoms with Gasteiger partial charge in [0.15, 0.2) is 5.82 Å². The Kier molecular flexibility index (Phi) is 2.26. The summed E-state index contributed by atoms with van der Waals surface area (Å²) < 4.78 is 0. The lowest BCUT2D eigenvalue weighted by atomic mass is 10.2. The fraction of sp³-hybridized carbons (Fsp3) is 0.300. The Bertz CT molecular complexity index is 405. The van der Waals surface area contributed by atoms with Gasteiger partial charge in [-0.1, -0.05) is 19.9 Å². The fourth-order valence-corrected chi connectivity index (χ4v) is 1.15. The first kappa shape index (κ1) is 8.87. The summed E-state index contributed by atoms with van der Waals surface area (Å²) in [5.41, 5.74) is 0.826. The average Bonchev–Trinajstić information content (AvgIpc) is 2.68. The molecule has 14 heavy (non-hydrogen) atoms. The Labute approximate surface area is 82.4 Å². The van der Waals surface area contributed by atoms with Gasteiger partial charge in [0.25, 0.3) is 0 Å². The predicted octanol–water partition coefficient (Wildman–Crippen LogP) is 1.99. The van der Waals surface area contributed by atoms with Crippen LogP contribution in [0.5, 0.6) is 0 Å². The summed E-state index contributed by atoms with van der Waals surface area (Å²) in [7, 11) is 0. The molecule has 0 bridgehead atoms. The molecular formula is C10H12N4. The van der Waals surface area contributed by atoms with Crippen molar-refractivity contribution in [1.29, 1.82) is 0 Å². The Morgan fingerprint density at radius 2 is 2.07 bits per heavy atom. The molecule has 2 aromatic rings. The van der Waals surface area contributed by atoms with Gasteiger partial charge in [-0.3, -0.25) is 4.98 Å². The number of aromatic nitrogens is 4. The minimum atomic E-state index is 0.361. The van der Waals surface area contributed by atoms with Crippen LogP contribution in [0.2, 0.25) is 0 Å². The number of pyridine rings is 1. The van der Waals surface area contributed by atoms with E-state index in [1.165, 1.54) is 0 Å². The molecule has 4 nitrogen and oxygen atoms in total. The Morgan fingerprint density at radius 3 is 2.64 bits per heavy atom. The van der Waals surface area contributed by atoms with Crippen LogP contribution in [0.15, 0.2) is 24.4 Å². The predicted molar refractivity (Wildman–Crippen MR) is 53.7 cm³/mol. The second-order valence-electron chi connectivity index (χ2n) is 3.43. The maximum absolute atomic E-state index is 4.19. The second kappa shape index (κ2) is 3.57. The van der Waals surface area contributed by atoms with E-state index in [9.17, 15) is 0 Å². The minimum absolute atomic E-state index is 0.361. The topological polar surface area (TPSA) is 54.5 Å². The second-order valence-corrected chi connectivity index (χ2v) is 3.43. The van der Waals surface area contributed by atoms with Crippen LogP contribution in [0.25, 0.3) is 11.5 Å². The molecule has 0 unspecified atom stereocenters. The van der Waals surface area contributed by atoms with E-state index >= 15 is 0 Å². The molecular weight excluding hydrogens is 176 g/mol. The number of rotatable bonds is 2. The minimum Gasteiger partial charge on any atom is -0.323 e. The van der Waals surface area contributed by atoms with E-state index < -0.39 is 0 Å². The standard InChI is InChI=1S/C10H12N4/c1-7(2)9-12-10(14-13-9)8-5-3-4-6-11-8/h3-7H,1-2H3,(H,12,13,14). The highest BCUT2D eigenvalue weighted by atomic mass is 15.2. The first-order valence-electron chi connectivity index (χ1n) is 4.61. The summed E-state index contributed by atoms with van der Waals surface area (Å²) in [4.78, 5) is 7.33. The van der Waals surface area contributed by atoms with Crippen LogP contribution < -0.4 is 0 Å². The van der Waals surface area contributed by atoms with Crippen molar-refractivity contribution in [2.75, 3.05) is 0 Å². The van der Waals surface area contributed by atoms with Gasteiger partial charge in [0.05, 0.1) is 0 Å². The fourth-order valence-electron chi connectivity index (χ4n) is 1.15. The molecule has 0 saturated carbocycles. The van der Waals surface area contributed by atoms with Crippen LogP contribution in [0.3, 0.4) is 0 Å². The largest absolute Gasteiger partial charge is 0.323 e. The summed E-state index contributed by atoms with van der Waals surface area (Å²) >= 11 is 0. The van der Waals surface area contributed by atoms with Gasteiger partial charge in [0.1, 0.15) is 11.5 Å². The molecule has 4 heteroatoms. The summed E-state index contributed by atoms with van der Waals surface area (Å²) in [5.74, 6) is 1.99. The van der Waals surface area contributed by atoms with E-state index in [4.69, 9.17) is 0 Å². The third-order valence-corrected chi connectivity index (χ3v) is 1.96. The molecule has 0 spiro atoms. The zero-order valence-electron chi connectivity index (χ0n) is 8.23. The van der Waals surface area contributed by atoms with Crippen LogP contribution in [0.4, 0.5) is 0 Å².